The van der Waals surface area contributed by atoms with Crippen LogP contribution in [0.5, 0.6) is 0 Å². The molecule has 18 heavy (non-hydrogen) atoms. The minimum atomic E-state index is -3.10. The maximum Gasteiger partial charge on any atom is 0.178 e. The minimum absolute atomic E-state index is 0.132. The molecular formula is C13H22N2O2S. The molecule has 0 amide bonds. The number of hydrogen-bond acceptors (Lipinski definition) is 4. The zero-order chi connectivity index (χ0) is 13.6. The van der Waals surface area contributed by atoms with Crippen molar-refractivity contribution in [1.82, 2.24) is 0 Å². The summed E-state index contributed by atoms with van der Waals surface area (Å²) in [5.41, 5.74) is 6.43. The fraction of sp³-hybridized carbons (Fsp3) is 0.538. The van der Waals surface area contributed by atoms with Gasteiger partial charge < -0.3 is 11.1 Å². The first-order valence-electron chi connectivity index (χ1n) is 6.26. The molecule has 0 saturated carbocycles. The number of nitrogens with one attached hydrogen (secondary N) is 1. The number of anilines is 1. The lowest BCUT2D eigenvalue weighted by Crippen LogP contribution is -2.15. The third-order valence-corrected chi connectivity index (χ3v) is 4.66. The first-order valence-corrected chi connectivity index (χ1v) is 7.91. The van der Waals surface area contributed by atoms with Crippen molar-refractivity contribution in [3.63, 3.8) is 0 Å². The summed E-state index contributed by atoms with van der Waals surface area (Å²) in [6, 6.07) is 6.90. The molecule has 1 unspecified atom stereocenters. The largest absolute Gasteiger partial charge is 0.385 e. The van der Waals surface area contributed by atoms with Crippen LogP contribution in [-0.2, 0) is 9.84 Å². The summed E-state index contributed by atoms with van der Waals surface area (Å²) < 4.78 is 23.3. The van der Waals surface area contributed by atoms with Gasteiger partial charge in [-0.15, -0.1) is 0 Å². The molecule has 3 N–H and O–H groups in total. The summed E-state index contributed by atoms with van der Waals surface area (Å²) in [5, 5.41) is 3.28. The molecule has 0 aliphatic heterocycles. The molecule has 0 saturated heterocycles. The second-order valence-electron chi connectivity index (χ2n) is 4.49. The van der Waals surface area contributed by atoms with E-state index in [9.17, 15) is 8.42 Å². The predicted octanol–water partition coefficient (Wildman–Crippen LogP) is 1.88. The van der Waals surface area contributed by atoms with Crippen LogP contribution in [0, 0.1) is 5.92 Å². The maximum absolute atomic E-state index is 11.6. The molecule has 0 aliphatic carbocycles. The van der Waals surface area contributed by atoms with E-state index in [0.29, 0.717) is 17.4 Å². The lowest BCUT2D eigenvalue weighted by molar-refractivity contribution is 0.568. The van der Waals surface area contributed by atoms with Gasteiger partial charge in [0.05, 0.1) is 10.6 Å². The smallest absolute Gasteiger partial charge is 0.178 e. The highest BCUT2D eigenvalue weighted by atomic mass is 32.2. The molecule has 102 valence electrons. The van der Waals surface area contributed by atoms with Gasteiger partial charge >= 0.3 is 0 Å². The van der Waals surface area contributed by atoms with E-state index in [4.69, 9.17) is 5.73 Å². The molecule has 5 heteroatoms. The topological polar surface area (TPSA) is 72.2 Å². The van der Waals surface area contributed by atoms with E-state index in [0.717, 1.165) is 18.7 Å². The molecule has 4 nitrogen and oxygen atoms in total. The lowest BCUT2D eigenvalue weighted by atomic mass is 10.1. The van der Waals surface area contributed by atoms with Crippen molar-refractivity contribution < 1.29 is 8.42 Å². The van der Waals surface area contributed by atoms with Crippen molar-refractivity contribution in [1.29, 1.82) is 0 Å². The number of rotatable bonds is 7. The lowest BCUT2D eigenvalue weighted by Gasteiger charge is -2.12. The van der Waals surface area contributed by atoms with E-state index in [2.05, 4.69) is 12.2 Å². The molecule has 0 heterocycles. The van der Waals surface area contributed by atoms with E-state index in [1.54, 1.807) is 31.2 Å². The van der Waals surface area contributed by atoms with E-state index in [-0.39, 0.29) is 5.75 Å². The van der Waals surface area contributed by atoms with Gasteiger partial charge in [0, 0.05) is 12.2 Å². The van der Waals surface area contributed by atoms with Gasteiger partial charge in [-0.25, -0.2) is 8.42 Å². The van der Waals surface area contributed by atoms with Crippen LogP contribution >= 0.6 is 0 Å². The summed E-state index contributed by atoms with van der Waals surface area (Å²) in [4.78, 5) is 0.380. The van der Waals surface area contributed by atoms with Gasteiger partial charge in [0.2, 0.25) is 0 Å². The van der Waals surface area contributed by atoms with Crippen molar-refractivity contribution in [3.8, 4) is 0 Å². The highest BCUT2D eigenvalue weighted by molar-refractivity contribution is 7.91. The van der Waals surface area contributed by atoms with Gasteiger partial charge in [-0.05, 0) is 43.1 Å². The van der Waals surface area contributed by atoms with Gasteiger partial charge in [0.1, 0.15) is 0 Å². The number of hydrogen-bond donors (Lipinski definition) is 2. The minimum Gasteiger partial charge on any atom is -0.385 e. The van der Waals surface area contributed by atoms with E-state index >= 15 is 0 Å². The molecule has 0 fully saturated rings. The molecule has 1 aromatic rings. The highest BCUT2D eigenvalue weighted by Gasteiger charge is 2.10. The molecule has 0 radical (unpaired) electrons. The third kappa shape index (κ3) is 4.31. The van der Waals surface area contributed by atoms with Crippen LogP contribution in [0.4, 0.5) is 5.69 Å². The Kier molecular flexibility index (Phi) is 5.62. The van der Waals surface area contributed by atoms with Crippen LogP contribution in [0.1, 0.15) is 20.3 Å². The molecule has 0 bridgehead atoms. The Labute approximate surface area is 110 Å². The highest BCUT2D eigenvalue weighted by Crippen LogP contribution is 2.15. The Morgan fingerprint density at radius 2 is 1.89 bits per heavy atom. The summed E-state index contributed by atoms with van der Waals surface area (Å²) in [6.07, 6.45) is 0.981. The first-order chi connectivity index (χ1) is 8.49. The summed E-state index contributed by atoms with van der Waals surface area (Å²) in [5.74, 6) is 0.641. The quantitative estimate of drug-likeness (QED) is 0.793. The predicted molar refractivity (Wildman–Crippen MR) is 75.5 cm³/mol. The van der Waals surface area contributed by atoms with Crippen LogP contribution < -0.4 is 11.1 Å². The monoisotopic (exact) mass is 270 g/mol. The van der Waals surface area contributed by atoms with Gasteiger partial charge in [0.15, 0.2) is 9.84 Å². The third-order valence-electron chi connectivity index (χ3n) is 2.91. The first kappa shape index (κ1) is 15.0. The average molecular weight is 270 g/mol. The van der Waals surface area contributed by atoms with Crippen LogP contribution in [0.2, 0.25) is 0 Å². The molecule has 0 aromatic heterocycles. The molecular weight excluding hydrogens is 248 g/mol. The van der Waals surface area contributed by atoms with Crippen molar-refractivity contribution in [2.24, 2.45) is 11.7 Å². The fourth-order valence-electron chi connectivity index (χ4n) is 1.63. The second-order valence-corrected chi connectivity index (χ2v) is 6.77. The number of benzene rings is 1. The Morgan fingerprint density at radius 1 is 1.28 bits per heavy atom. The second kappa shape index (κ2) is 6.75. The molecule has 1 atom stereocenters. The summed E-state index contributed by atoms with van der Waals surface area (Å²) >= 11 is 0. The van der Waals surface area contributed by atoms with Crippen LogP contribution in [0.3, 0.4) is 0 Å². The normalized spacial score (nSPS) is 13.3. The maximum atomic E-state index is 11.6. The molecule has 1 aromatic carbocycles. The van der Waals surface area contributed by atoms with Crippen LogP contribution in [0.25, 0.3) is 0 Å². The average Bonchev–Trinajstić information content (AvgIpc) is 2.37. The SMILES string of the molecule is CCS(=O)(=O)c1ccc(NCC(C)CCN)cc1. The Morgan fingerprint density at radius 3 is 2.39 bits per heavy atom. The standard InChI is InChI=1S/C13H22N2O2S/c1-3-18(16,17)13-6-4-12(5-7-13)15-10-11(2)8-9-14/h4-7,11,15H,3,8-10,14H2,1-2H3. The summed E-state index contributed by atoms with van der Waals surface area (Å²) in [7, 11) is -3.10. The Balaban J connectivity index is 2.61. The Hall–Kier alpha value is -1.07. The molecule has 0 spiro atoms. The zero-order valence-electron chi connectivity index (χ0n) is 11.0. The molecule has 0 aliphatic rings. The van der Waals surface area contributed by atoms with Gasteiger partial charge in [0.25, 0.3) is 0 Å². The van der Waals surface area contributed by atoms with Crippen LogP contribution in [0.15, 0.2) is 29.2 Å². The van der Waals surface area contributed by atoms with E-state index in [1.807, 2.05) is 0 Å². The van der Waals surface area contributed by atoms with Gasteiger partial charge in [-0.2, -0.15) is 0 Å². The van der Waals surface area contributed by atoms with Crippen molar-refractivity contribution >= 4 is 15.5 Å². The zero-order valence-corrected chi connectivity index (χ0v) is 11.8. The Bertz CT molecular complexity index is 454. The van der Waals surface area contributed by atoms with Crippen LogP contribution in [-0.4, -0.2) is 27.3 Å². The van der Waals surface area contributed by atoms with E-state index < -0.39 is 9.84 Å². The van der Waals surface area contributed by atoms with Gasteiger partial charge in [-0.3, -0.25) is 0 Å². The molecule has 1 rings (SSSR count). The van der Waals surface area contributed by atoms with Crippen molar-refractivity contribution in [2.75, 3.05) is 24.2 Å². The van der Waals surface area contributed by atoms with Crippen molar-refractivity contribution in [2.45, 2.75) is 25.2 Å². The van der Waals surface area contributed by atoms with Crippen molar-refractivity contribution in [3.05, 3.63) is 24.3 Å². The summed E-state index contributed by atoms with van der Waals surface area (Å²) in [6.45, 7) is 5.32. The number of sulfone groups is 1. The fourth-order valence-corrected chi connectivity index (χ4v) is 2.51. The van der Waals surface area contributed by atoms with Gasteiger partial charge in [-0.1, -0.05) is 13.8 Å². The van der Waals surface area contributed by atoms with E-state index in [1.165, 1.54) is 0 Å². The number of nitrogens with two attached hydrogens (primary N) is 1.